The molecule has 8 heteroatoms. The summed E-state index contributed by atoms with van der Waals surface area (Å²) >= 11 is 0. The molecular formula is C26H39N5O3. The Morgan fingerprint density at radius 1 is 1.18 bits per heavy atom. The molecule has 0 saturated heterocycles. The van der Waals surface area contributed by atoms with Crippen LogP contribution in [0.25, 0.3) is 5.69 Å². The van der Waals surface area contributed by atoms with E-state index >= 15 is 0 Å². The van der Waals surface area contributed by atoms with E-state index in [4.69, 9.17) is 9.84 Å². The summed E-state index contributed by atoms with van der Waals surface area (Å²) in [5.74, 6) is 0.314. The molecule has 0 atom stereocenters. The minimum Gasteiger partial charge on any atom is -0.383 e. The van der Waals surface area contributed by atoms with Crippen LogP contribution in [0, 0.1) is 6.92 Å². The fourth-order valence-corrected chi connectivity index (χ4v) is 4.14. The Bertz CT molecular complexity index is 973. The number of rotatable bonds is 8. The van der Waals surface area contributed by atoms with Crippen LogP contribution >= 0.6 is 0 Å². The number of nitrogens with one attached hydrogen (secondary N) is 2. The molecule has 1 aromatic carbocycles. The highest BCUT2D eigenvalue weighted by molar-refractivity contribution is 5.94. The van der Waals surface area contributed by atoms with Crippen molar-refractivity contribution in [3.05, 3.63) is 41.6 Å². The SMILES string of the molecule is COCCN(CC(=O)Nc1cc(C(C)(C)C)nn1-c1ccccc1C)C(=O)NC1CCCCC1. The third-order valence-electron chi connectivity index (χ3n) is 6.21. The Kier molecular flexibility index (Phi) is 8.72. The number of anilines is 1. The highest BCUT2D eigenvalue weighted by Gasteiger charge is 2.24. The van der Waals surface area contributed by atoms with Gasteiger partial charge in [-0.25, -0.2) is 9.48 Å². The number of para-hydroxylation sites is 1. The number of urea groups is 1. The summed E-state index contributed by atoms with van der Waals surface area (Å²) in [6.07, 6.45) is 5.45. The number of ether oxygens (including phenoxy) is 1. The van der Waals surface area contributed by atoms with Crippen molar-refractivity contribution in [1.82, 2.24) is 20.0 Å². The number of amides is 3. The van der Waals surface area contributed by atoms with Gasteiger partial charge in [0.15, 0.2) is 0 Å². The zero-order chi connectivity index (χ0) is 24.7. The number of aryl methyl sites for hydroxylation is 1. The molecular weight excluding hydrogens is 430 g/mol. The molecule has 1 aromatic heterocycles. The van der Waals surface area contributed by atoms with Crippen LogP contribution in [-0.2, 0) is 14.9 Å². The molecule has 0 spiro atoms. The van der Waals surface area contributed by atoms with Crippen LogP contribution in [0.5, 0.6) is 0 Å². The van der Waals surface area contributed by atoms with Gasteiger partial charge >= 0.3 is 6.03 Å². The fourth-order valence-electron chi connectivity index (χ4n) is 4.14. The van der Waals surface area contributed by atoms with Crippen molar-refractivity contribution in [3.63, 3.8) is 0 Å². The lowest BCUT2D eigenvalue weighted by Crippen LogP contribution is -2.49. The molecule has 3 amide bonds. The van der Waals surface area contributed by atoms with Gasteiger partial charge in [-0.15, -0.1) is 0 Å². The van der Waals surface area contributed by atoms with E-state index in [1.807, 2.05) is 37.3 Å². The first-order valence-electron chi connectivity index (χ1n) is 12.2. The van der Waals surface area contributed by atoms with Crippen LogP contribution in [0.4, 0.5) is 10.6 Å². The number of hydrogen-bond acceptors (Lipinski definition) is 4. The largest absolute Gasteiger partial charge is 0.383 e. The molecule has 8 nitrogen and oxygen atoms in total. The molecule has 34 heavy (non-hydrogen) atoms. The van der Waals surface area contributed by atoms with Crippen molar-refractivity contribution in [2.24, 2.45) is 0 Å². The number of methoxy groups -OCH3 is 1. The monoisotopic (exact) mass is 469 g/mol. The molecule has 1 saturated carbocycles. The van der Waals surface area contributed by atoms with Crippen LogP contribution in [0.3, 0.4) is 0 Å². The predicted octanol–water partition coefficient (Wildman–Crippen LogP) is 4.41. The molecule has 1 aliphatic rings. The predicted molar refractivity (Wildman–Crippen MR) is 134 cm³/mol. The molecule has 2 N–H and O–H groups in total. The topological polar surface area (TPSA) is 88.5 Å². The van der Waals surface area contributed by atoms with Gasteiger partial charge in [0.25, 0.3) is 0 Å². The number of hydrogen-bond donors (Lipinski definition) is 2. The normalized spacial score (nSPS) is 14.6. The Balaban J connectivity index is 1.77. The van der Waals surface area contributed by atoms with Crippen molar-refractivity contribution < 1.29 is 14.3 Å². The Labute approximate surface area is 203 Å². The zero-order valence-electron chi connectivity index (χ0n) is 21.2. The number of aromatic nitrogens is 2. The number of benzene rings is 1. The maximum Gasteiger partial charge on any atom is 0.318 e. The van der Waals surface area contributed by atoms with Crippen LogP contribution < -0.4 is 10.6 Å². The molecule has 1 heterocycles. The van der Waals surface area contributed by atoms with Gasteiger partial charge in [0.1, 0.15) is 12.4 Å². The van der Waals surface area contributed by atoms with E-state index in [1.165, 1.54) is 11.3 Å². The van der Waals surface area contributed by atoms with E-state index in [0.717, 1.165) is 42.6 Å². The molecule has 0 unspecified atom stereocenters. The number of carbonyl (C=O) groups is 2. The van der Waals surface area contributed by atoms with E-state index in [1.54, 1.807) is 11.8 Å². The third kappa shape index (κ3) is 6.82. The van der Waals surface area contributed by atoms with Gasteiger partial charge in [0, 0.05) is 31.2 Å². The maximum atomic E-state index is 13.1. The summed E-state index contributed by atoms with van der Waals surface area (Å²) in [5.41, 5.74) is 2.64. The molecule has 1 fully saturated rings. The summed E-state index contributed by atoms with van der Waals surface area (Å²) in [5, 5.41) is 10.9. The van der Waals surface area contributed by atoms with Crippen molar-refractivity contribution in [1.29, 1.82) is 0 Å². The first-order valence-corrected chi connectivity index (χ1v) is 12.2. The Morgan fingerprint density at radius 3 is 2.53 bits per heavy atom. The van der Waals surface area contributed by atoms with Crippen molar-refractivity contribution in [3.8, 4) is 5.69 Å². The molecule has 2 aromatic rings. The third-order valence-corrected chi connectivity index (χ3v) is 6.21. The van der Waals surface area contributed by atoms with Gasteiger partial charge < -0.3 is 20.3 Å². The Morgan fingerprint density at radius 2 is 1.88 bits per heavy atom. The highest BCUT2D eigenvalue weighted by Crippen LogP contribution is 2.27. The van der Waals surface area contributed by atoms with E-state index in [9.17, 15) is 9.59 Å². The lowest BCUT2D eigenvalue weighted by Gasteiger charge is -2.28. The van der Waals surface area contributed by atoms with Crippen molar-refractivity contribution in [2.45, 2.75) is 71.3 Å². The fraction of sp³-hybridized carbons (Fsp3) is 0.577. The second kappa shape index (κ2) is 11.5. The van der Waals surface area contributed by atoms with E-state index in [0.29, 0.717) is 19.0 Å². The summed E-state index contributed by atoms with van der Waals surface area (Å²) < 4.78 is 6.95. The van der Waals surface area contributed by atoms with Crippen molar-refractivity contribution >= 4 is 17.8 Å². The molecule has 0 radical (unpaired) electrons. The summed E-state index contributed by atoms with van der Waals surface area (Å²) in [4.78, 5) is 27.6. The number of nitrogens with zero attached hydrogens (tertiary/aromatic N) is 3. The smallest absolute Gasteiger partial charge is 0.318 e. The lowest BCUT2D eigenvalue weighted by molar-refractivity contribution is -0.116. The quantitative estimate of drug-likeness (QED) is 0.599. The Hall–Kier alpha value is -2.87. The van der Waals surface area contributed by atoms with Crippen molar-refractivity contribution in [2.75, 3.05) is 32.1 Å². The first kappa shape index (κ1) is 25.7. The summed E-state index contributed by atoms with van der Waals surface area (Å²) in [6, 6.07) is 9.78. The second-order valence-electron chi connectivity index (χ2n) is 10.1. The molecule has 0 aliphatic heterocycles. The van der Waals surface area contributed by atoms with Gasteiger partial charge in [-0.1, -0.05) is 58.2 Å². The summed E-state index contributed by atoms with van der Waals surface area (Å²) in [6.45, 7) is 8.92. The van der Waals surface area contributed by atoms with Gasteiger partial charge in [-0.3, -0.25) is 4.79 Å². The van der Waals surface area contributed by atoms with E-state index < -0.39 is 0 Å². The van der Waals surface area contributed by atoms with Gasteiger partial charge in [0.2, 0.25) is 5.91 Å². The maximum absolute atomic E-state index is 13.1. The van der Waals surface area contributed by atoms with Gasteiger partial charge in [0.05, 0.1) is 18.0 Å². The second-order valence-corrected chi connectivity index (χ2v) is 10.1. The molecule has 186 valence electrons. The van der Waals surface area contributed by atoms with Crippen LogP contribution in [-0.4, -0.2) is 59.5 Å². The van der Waals surface area contributed by atoms with E-state index in [-0.39, 0.29) is 29.9 Å². The van der Waals surface area contributed by atoms with Gasteiger partial charge in [-0.05, 0) is 31.4 Å². The molecule has 3 rings (SSSR count). The van der Waals surface area contributed by atoms with E-state index in [2.05, 4.69) is 31.4 Å². The molecule has 0 bridgehead atoms. The van der Waals surface area contributed by atoms with Crippen LogP contribution in [0.2, 0.25) is 0 Å². The average Bonchev–Trinajstić information content (AvgIpc) is 3.21. The first-order chi connectivity index (χ1) is 16.2. The highest BCUT2D eigenvalue weighted by atomic mass is 16.5. The van der Waals surface area contributed by atoms with Gasteiger partial charge in [-0.2, -0.15) is 5.10 Å². The lowest BCUT2D eigenvalue weighted by atomic mass is 9.92. The number of carbonyl (C=O) groups excluding carboxylic acids is 2. The average molecular weight is 470 g/mol. The zero-order valence-corrected chi connectivity index (χ0v) is 21.2. The minimum absolute atomic E-state index is 0.0638. The van der Waals surface area contributed by atoms with Crippen LogP contribution in [0.1, 0.15) is 64.1 Å². The van der Waals surface area contributed by atoms with Crippen LogP contribution in [0.15, 0.2) is 30.3 Å². The standard InChI is InChI=1S/C26H39N5O3/c1-19-11-9-10-14-21(19)31-23(17-22(29-31)26(2,3)4)28-24(32)18-30(15-16-34-5)25(33)27-20-12-7-6-8-13-20/h9-11,14,17,20H,6-8,12-13,15-16,18H2,1-5H3,(H,27,33)(H,28,32). The summed E-state index contributed by atoms with van der Waals surface area (Å²) in [7, 11) is 1.59. The minimum atomic E-state index is -0.273. The molecule has 1 aliphatic carbocycles.